The second-order valence-electron chi connectivity index (χ2n) is 7.98. The monoisotopic (exact) mass is 437 g/mol. The van der Waals surface area contributed by atoms with Crippen LogP contribution in [0.4, 0.5) is 0 Å². The summed E-state index contributed by atoms with van der Waals surface area (Å²) in [4.78, 5) is 8.99. The first-order valence-electron chi connectivity index (χ1n) is 10.8. The topological polar surface area (TPSA) is 86.3 Å². The molecule has 0 radical (unpaired) electrons. The number of hydrogen-bond acceptors (Lipinski definition) is 7. The van der Waals surface area contributed by atoms with Crippen molar-refractivity contribution >= 4 is 16.6 Å². The van der Waals surface area contributed by atoms with Crippen LogP contribution in [0.15, 0.2) is 41.7 Å². The van der Waals surface area contributed by atoms with Gasteiger partial charge >= 0.3 is 0 Å². The summed E-state index contributed by atoms with van der Waals surface area (Å²) in [5, 5.41) is 8.96. The molecule has 8 heteroatoms. The van der Waals surface area contributed by atoms with E-state index in [0.29, 0.717) is 18.0 Å². The fourth-order valence-corrected chi connectivity index (χ4v) is 4.21. The third kappa shape index (κ3) is 4.18. The lowest BCUT2D eigenvalue weighted by Gasteiger charge is -2.11. The van der Waals surface area contributed by atoms with E-state index in [0.717, 1.165) is 54.1 Å². The number of nitrogens with one attached hydrogen (secondary N) is 2. The first kappa shape index (κ1) is 20.5. The van der Waals surface area contributed by atoms with Gasteiger partial charge in [-0.3, -0.25) is 0 Å². The van der Waals surface area contributed by atoms with Crippen LogP contribution in [0, 0.1) is 0 Å². The van der Waals surface area contributed by atoms with Gasteiger partial charge in [-0.2, -0.15) is 0 Å². The minimum absolute atomic E-state index is 0.0120. The molecular weight excluding hydrogens is 410 g/mol. The van der Waals surface area contributed by atoms with Crippen molar-refractivity contribution in [3.63, 3.8) is 0 Å². The van der Waals surface area contributed by atoms with Gasteiger partial charge in [-0.05, 0) is 54.4 Å². The van der Waals surface area contributed by atoms with Crippen LogP contribution in [0.1, 0.15) is 17.5 Å². The van der Waals surface area contributed by atoms with Crippen LogP contribution in [0.3, 0.4) is 0 Å². The second-order valence-corrected chi connectivity index (χ2v) is 7.98. The predicted octanol–water partition coefficient (Wildman–Crippen LogP) is 3.43. The molecule has 3 heterocycles. The van der Waals surface area contributed by atoms with Crippen molar-refractivity contribution in [1.29, 1.82) is 0 Å². The molecule has 168 valence electrons. The zero-order chi connectivity index (χ0) is 21.9. The molecule has 5 rings (SSSR count). The van der Waals surface area contributed by atoms with Gasteiger partial charge in [0.25, 0.3) is 0 Å². The van der Waals surface area contributed by atoms with E-state index in [4.69, 9.17) is 23.8 Å². The maximum atomic E-state index is 5.66. The maximum Gasteiger partial charge on any atom is 0.231 e. The number of aromatic nitrogens is 1. The van der Waals surface area contributed by atoms with E-state index in [1.54, 1.807) is 14.2 Å². The first-order chi connectivity index (χ1) is 15.7. The molecule has 0 saturated heterocycles. The number of benzene rings is 2. The second kappa shape index (κ2) is 9.00. The molecule has 8 nitrogen and oxygen atoms in total. The Balaban J connectivity index is 1.10. The van der Waals surface area contributed by atoms with Crippen LogP contribution in [0.5, 0.6) is 23.0 Å². The summed E-state index contributed by atoms with van der Waals surface area (Å²) in [6.45, 7) is 1.79. The van der Waals surface area contributed by atoms with E-state index in [1.807, 2.05) is 24.3 Å². The number of aromatic amines is 1. The van der Waals surface area contributed by atoms with Crippen LogP contribution in [-0.2, 0) is 17.7 Å². The molecular formula is C24H27N3O5. The zero-order valence-electron chi connectivity index (χ0n) is 18.3. The zero-order valence-corrected chi connectivity index (χ0v) is 18.3. The molecule has 0 amide bonds. The van der Waals surface area contributed by atoms with Crippen molar-refractivity contribution in [2.75, 3.05) is 34.1 Å². The Morgan fingerprint density at radius 3 is 2.97 bits per heavy atom. The Labute approximate surface area is 186 Å². The lowest BCUT2D eigenvalue weighted by Crippen LogP contribution is -2.25. The molecule has 1 atom stereocenters. The molecule has 0 aliphatic carbocycles. The molecule has 0 bridgehead atoms. The highest BCUT2D eigenvalue weighted by Crippen LogP contribution is 2.42. The molecule has 2 N–H and O–H groups in total. The molecule has 0 unspecified atom stereocenters. The van der Waals surface area contributed by atoms with Gasteiger partial charge in [0.2, 0.25) is 12.5 Å². The highest BCUT2D eigenvalue weighted by atomic mass is 16.7. The minimum Gasteiger partial charge on any atom is -0.497 e. The summed E-state index contributed by atoms with van der Waals surface area (Å²) >= 11 is 0. The predicted molar refractivity (Wildman–Crippen MR) is 121 cm³/mol. The summed E-state index contributed by atoms with van der Waals surface area (Å²) in [6, 6.07) is 10.1. The van der Waals surface area contributed by atoms with Gasteiger partial charge in [-0.1, -0.05) is 5.16 Å². The number of fused-ring (bicyclic) bond motifs is 2. The van der Waals surface area contributed by atoms with Crippen LogP contribution in [-0.4, -0.2) is 50.9 Å². The van der Waals surface area contributed by atoms with Crippen LogP contribution < -0.4 is 24.3 Å². The number of ether oxygens (including phenoxy) is 4. The molecule has 0 spiro atoms. The Kier molecular flexibility index (Phi) is 5.77. The van der Waals surface area contributed by atoms with Crippen molar-refractivity contribution < 1.29 is 23.8 Å². The fraction of sp³-hybridized carbons (Fsp3) is 0.375. The summed E-state index contributed by atoms with van der Waals surface area (Å²) in [6.07, 6.45) is 4.53. The molecule has 32 heavy (non-hydrogen) atoms. The van der Waals surface area contributed by atoms with Gasteiger partial charge < -0.3 is 34.1 Å². The average molecular weight is 437 g/mol. The normalized spacial score (nSPS) is 16.8. The van der Waals surface area contributed by atoms with Crippen LogP contribution in [0.25, 0.3) is 10.9 Å². The number of nitrogens with zero attached hydrogens (tertiary/aromatic N) is 1. The third-order valence-electron chi connectivity index (χ3n) is 5.85. The van der Waals surface area contributed by atoms with Crippen LogP contribution >= 0.6 is 0 Å². The number of hydrogen-bond donors (Lipinski definition) is 2. The number of methoxy groups -OCH3 is 2. The number of rotatable bonds is 9. The van der Waals surface area contributed by atoms with E-state index in [-0.39, 0.29) is 12.9 Å². The third-order valence-corrected chi connectivity index (χ3v) is 5.85. The molecule has 2 aliphatic rings. The van der Waals surface area contributed by atoms with E-state index >= 15 is 0 Å². The summed E-state index contributed by atoms with van der Waals surface area (Å²) in [5.41, 5.74) is 4.50. The molecule has 1 aromatic heterocycles. The number of H-pyrrole nitrogens is 1. The average Bonchev–Trinajstić information content (AvgIpc) is 3.56. The van der Waals surface area contributed by atoms with Crippen molar-refractivity contribution in [2.45, 2.75) is 25.4 Å². The smallest absolute Gasteiger partial charge is 0.231 e. The quantitative estimate of drug-likeness (QED) is 0.499. The largest absolute Gasteiger partial charge is 0.497 e. The Bertz CT molecular complexity index is 1140. The fourth-order valence-electron chi connectivity index (χ4n) is 4.21. The maximum absolute atomic E-state index is 5.66. The van der Waals surface area contributed by atoms with Crippen molar-refractivity contribution in [2.24, 2.45) is 5.16 Å². The van der Waals surface area contributed by atoms with Crippen molar-refractivity contribution in [1.82, 2.24) is 10.3 Å². The molecule has 3 aromatic rings. The Morgan fingerprint density at radius 2 is 2.09 bits per heavy atom. The number of oxime groups is 1. The molecule has 2 aromatic carbocycles. The van der Waals surface area contributed by atoms with E-state index < -0.39 is 0 Å². The molecule has 2 aliphatic heterocycles. The SMILES string of the molecule is COc1ccc2[nH]cc(CCNCC3=NO[C@@H](Cc4cc(OC)c5c(c4)OCO5)C3)c2c1. The van der Waals surface area contributed by atoms with Gasteiger partial charge in [-0.25, -0.2) is 0 Å². The van der Waals surface area contributed by atoms with Crippen LogP contribution in [0.2, 0.25) is 0 Å². The van der Waals surface area contributed by atoms with Gasteiger partial charge in [-0.15, -0.1) is 0 Å². The Hall–Kier alpha value is -3.39. The highest BCUT2D eigenvalue weighted by Gasteiger charge is 2.25. The van der Waals surface area contributed by atoms with Gasteiger partial charge in [0.1, 0.15) is 11.9 Å². The van der Waals surface area contributed by atoms with Gasteiger partial charge in [0.15, 0.2) is 11.5 Å². The first-order valence-corrected chi connectivity index (χ1v) is 10.8. The van der Waals surface area contributed by atoms with Gasteiger partial charge in [0.05, 0.1) is 19.9 Å². The van der Waals surface area contributed by atoms with Crippen molar-refractivity contribution in [3.8, 4) is 23.0 Å². The summed E-state index contributed by atoms with van der Waals surface area (Å²) in [7, 11) is 3.32. The van der Waals surface area contributed by atoms with E-state index in [1.165, 1.54) is 10.9 Å². The lowest BCUT2D eigenvalue weighted by molar-refractivity contribution is 0.0858. The standard InChI is InChI=1S/C24H27N3O5/c1-28-18-3-4-21-20(11-18)16(12-26-21)5-6-25-13-17-10-19(32-27-17)7-15-8-22(29-2)24-23(9-15)30-14-31-24/h3-4,8-9,11-12,19,25-26H,5-7,10,13-14H2,1-2H3/t19-/m0/s1. The van der Waals surface area contributed by atoms with Gasteiger partial charge in [0, 0.05) is 36.5 Å². The minimum atomic E-state index is 0.0120. The summed E-state index contributed by atoms with van der Waals surface area (Å²) in [5.74, 6) is 2.94. The van der Waals surface area contributed by atoms with E-state index in [9.17, 15) is 0 Å². The lowest BCUT2D eigenvalue weighted by atomic mass is 10.0. The highest BCUT2D eigenvalue weighted by molar-refractivity contribution is 5.87. The molecule has 0 saturated carbocycles. The summed E-state index contributed by atoms with van der Waals surface area (Å²) < 4.78 is 21.7. The Morgan fingerprint density at radius 1 is 1.16 bits per heavy atom. The van der Waals surface area contributed by atoms with E-state index in [2.05, 4.69) is 27.7 Å². The molecule has 0 fully saturated rings. The van der Waals surface area contributed by atoms with Crippen molar-refractivity contribution in [3.05, 3.63) is 47.7 Å².